The lowest BCUT2D eigenvalue weighted by Crippen LogP contribution is -2.12. The first-order valence-corrected chi connectivity index (χ1v) is 6.22. The van der Waals surface area contributed by atoms with Gasteiger partial charge in [-0.15, -0.1) is 0 Å². The summed E-state index contributed by atoms with van der Waals surface area (Å²) in [5.41, 5.74) is 0.215. The second-order valence-corrected chi connectivity index (χ2v) is 4.65. The average Bonchev–Trinajstić information content (AvgIpc) is 2.39. The number of hydrogen-bond acceptors (Lipinski definition) is 2. The molecule has 0 atom stereocenters. The summed E-state index contributed by atoms with van der Waals surface area (Å²) in [5.74, 6) is -1.10. The van der Waals surface area contributed by atoms with Crippen molar-refractivity contribution in [3.63, 3.8) is 0 Å². The van der Waals surface area contributed by atoms with Crippen molar-refractivity contribution in [1.29, 1.82) is 0 Å². The van der Waals surface area contributed by atoms with Crippen molar-refractivity contribution in [2.24, 2.45) is 0 Å². The highest BCUT2D eigenvalue weighted by Gasteiger charge is 2.09. The Labute approximate surface area is 117 Å². The van der Waals surface area contributed by atoms with Gasteiger partial charge in [0.2, 0.25) is 0 Å². The lowest BCUT2D eigenvalue weighted by Gasteiger charge is -2.07. The highest BCUT2D eigenvalue weighted by atomic mass is 79.9. The summed E-state index contributed by atoms with van der Waals surface area (Å²) in [5, 5.41) is 0. The number of Topliss-reactive ketones (excluding diaryl/α,β-unsaturated/α-hetero) is 1. The molecule has 0 saturated heterocycles. The van der Waals surface area contributed by atoms with Crippen LogP contribution in [0.4, 0.5) is 8.78 Å². The molecule has 0 aliphatic heterocycles. The molecule has 0 saturated carbocycles. The quantitative estimate of drug-likeness (QED) is 0.794. The molecule has 0 aliphatic carbocycles. The van der Waals surface area contributed by atoms with E-state index in [1.54, 1.807) is 0 Å². The first-order chi connectivity index (χ1) is 9.06. The van der Waals surface area contributed by atoms with E-state index in [0.29, 0.717) is 4.47 Å². The van der Waals surface area contributed by atoms with Gasteiger partial charge < -0.3 is 4.74 Å². The minimum Gasteiger partial charge on any atom is -0.484 e. The minimum atomic E-state index is -0.488. The Morgan fingerprint density at radius 1 is 1.11 bits per heavy atom. The van der Waals surface area contributed by atoms with E-state index in [0.717, 1.165) is 6.07 Å². The number of carbonyl (C=O) groups is 1. The first-order valence-electron chi connectivity index (χ1n) is 5.43. The minimum absolute atomic E-state index is 0.215. The molecule has 0 fully saturated rings. The summed E-state index contributed by atoms with van der Waals surface area (Å²) >= 11 is 3.19. The summed E-state index contributed by atoms with van der Waals surface area (Å²) in [7, 11) is 0. The average molecular weight is 327 g/mol. The lowest BCUT2D eigenvalue weighted by molar-refractivity contribution is 0.0920. The SMILES string of the molecule is O=C(COc1cc(F)ccc1Br)c1cccc(F)c1. The molecule has 2 rings (SSSR count). The van der Waals surface area contributed by atoms with E-state index in [-0.39, 0.29) is 23.7 Å². The Balaban J connectivity index is 2.06. The van der Waals surface area contributed by atoms with Crippen molar-refractivity contribution in [3.8, 4) is 5.75 Å². The van der Waals surface area contributed by atoms with Crippen LogP contribution >= 0.6 is 15.9 Å². The molecule has 0 aromatic heterocycles. The van der Waals surface area contributed by atoms with Crippen LogP contribution in [-0.2, 0) is 0 Å². The molecular weight excluding hydrogens is 318 g/mol. The van der Waals surface area contributed by atoms with Gasteiger partial charge in [0, 0.05) is 11.6 Å². The normalized spacial score (nSPS) is 10.3. The predicted octanol–water partition coefficient (Wildman–Crippen LogP) is 3.99. The Hall–Kier alpha value is -1.75. The molecule has 0 amide bonds. The molecule has 0 aliphatic rings. The second-order valence-electron chi connectivity index (χ2n) is 3.80. The first kappa shape index (κ1) is 13.7. The fraction of sp³-hybridized carbons (Fsp3) is 0.0714. The molecule has 98 valence electrons. The Morgan fingerprint density at radius 3 is 2.58 bits per heavy atom. The molecule has 0 unspecified atom stereocenters. The number of halogens is 3. The predicted molar refractivity (Wildman–Crippen MR) is 70.3 cm³/mol. The largest absolute Gasteiger partial charge is 0.484 e. The molecule has 0 N–H and O–H groups in total. The van der Waals surface area contributed by atoms with Gasteiger partial charge in [-0.3, -0.25) is 4.79 Å². The summed E-state index contributed by atoms with van der Waals surface area (Å²) in [6.45, 7) is -0.286. The van der Waals surface area contributed by atoms with Crippen LogP contribution in [0.5, 0.6) is 5.75 Å². The Morgan fingerprint density at radius 2 is 1.84 bits per heavy atom. The van der Waals surface area contributed by atoms with Gasteiger partial charge in [-0.25, -0.2) is 8.78 Å². The zero-order chi connectivity index (χ0) is 13.8. The van der Waals surface area contributed by atoms with Gasteiger partial charge >= 0.3 is 0 Å². The van der Waals surface area contributed by atoms with Crippen molar-refractivity contribution >= 4 is 21.7 Å². The summed E-state index contributed by atoms with van der Waals surface area (Å²) < 4.78 is 31.7. The molecule has 0 heterocycles. The van der Waals surface area contributed by atoms with Crippen LogP contribution in [0, 0.1) is 11.6 Å². The monoisotopic (exact) mass is 326 g/mol. The smallest absolute Gasteiger partial charge is 0.200 e. The fourth-order valence-corrected chi connectivity index (χ4v) is 1.84. The number of ketones is 1. The van der Waals surface area contributed by atoms with E-state index in [2.05, 4.69) is 15.9 Å². The molecule has 0 bridgehead atoms. The van der Waals surface area contributed by atoms with E-state index in [4.69, 9.17) is 4.74 Å². The van der Waals surface area contributed by atoms with E-state index in [1.165, 1.54) is 36.4 Å². The van der Waals surface area contributed by atoms with Crippen LogP contribution in [-0.4, -0.2) is 12.4 Å². The molecule has 2 aromatic carbocycles. The van der Waals surface area contributed by atoms with Crippen LogP contribution < -0.4 is 4.74 Å². The van der Waals surface area contributed by atoms with Crippen LogP contribution in [0.15, 0.2) is 46.9 Å². The zero-order valence-corrected chi connectivity index (χ0v) is 11.3. The van der Waals surface area contributed by atoms with E-state index >= 15 is 0 Å². The number of benzene rings is 2. The number of rotatable bonds is 4. The number of ether oxygens (including phenoxy) is 1. The summed E-state index contributed by atoms with van der Waals surface area (Å²) in [6, 6.07) is 9.24. The molecule has 0 spiro atoms. The van der Waals surface area contributed by atoms with Crippen LogP contribution in [0.1, 0.15) is 10.4 Å². The third kappa shape index (κ3) is 3.61. The maximum atomic E-state index is 13.0. The summed E-state index contributed by atoms with van der Waals surface area (Å²) in [4.78, 5) is 11.8. The highest BCUT2D eigenvalue weighted by Crippen LogP contribution is 2.25. The molecule has 19 heavy (non-hydrogen) atoms. The van der Waals surface area contributed by atoms with Gasteiger partial charge in [-0.05, 0) is 40.2 Å². The van der Waals surface area contributed by atoms with Gasteiger partial charge in [0.25, 0.3) is 0 Å². The molecular formula is C14H9BrF2O2. The van der Waals surface area contributed by atoms with Gasteiger partial charge in [0.15, 0.2) is 12.4 Å². The van der Waals surface area contributed by atoms with Crippen molar-refractivity contribution in [2.45, 2.75) is 0 Å². The third-order valence-corrected chi connectivity index (χ3v) is 3.05. The van der Waals surface area contributed by atoms with Crippen molar-refractivity contribution in [3.05, 3.63) is 64.1 Å². The van der Waals surface area contributed by atoms with Crippen LogP contribution in [0.2, 0.25) is 0 Å². The maximum absolute atomic E-state index is 13.0. The molecule has 2 aromatic rings. The van der Waals surface area contributed by atoms with Gasteiger partial charge in [0.05, 0.1) is 4.47 Å². The van der Waals surface area contributed by atoms with Crippen molar-refractivity contribution in [1.82, 2.24) is 0 Å². The van der Waals surface area contributed by atoms with Crippen molar-refractivity contribution < 1.29 is 18.3 Å². The molecule has 2 nitrogen and oxygen atoms in total. The third-order valence-electron chi connectivity index (χ3n) is 2.40. The standard InChI is InChI=1S/C14H9BrF2O2/c15-12-5-4-11(17)7-14(12)19-8-13(18)9-2-1-3-10(16)6-9/h1-7H,8H2. The van der Waals surface area contributed by atoms with Gasteiger partial charge in [-0.1, -0.05) is 12.1 Å². The second kappa shape index (κ2) is 5.93. The van der Waals surface area contributed by atoms with Crippen LogP contribution in [0.25, 0.3) is 0 Å². The van der Waals surface area contributed by atoms with E-state index in [1.807, 2.05) is 0 Å². The zero-order valence-electron chi connectivity index (χ0n) is 9.70. The topological polar surface area (TPSA) is 26.3 Å². The van der Waals surface area contributed by atoms with E-state index < -0.39 is 11.6 Å². The van der Waals surface area contributed by atoms with E-state index in [9.17, 15) is 13.6 Å². The Bertz CT molecular complexity index is 614. The van der Waals surface area contributed by atoms with Crippen molar-refractivity contribution in [2.75, 3.05) is 6.61 Å². The Kier molecular flexibility index (Phi) is 4.27. The number of carbonyl (C=O) groups excluding carboxylic acids is 1. The van der Waals surface area contributed by atoms with Crippen LogP contribution in [0.3, 0.4) is 0 Å². The number of hydrogen-bond donors (Lipinski definition) is 0. The lowest BCUT2D eigenvalue weighted by atomic mass is 10.1. The van der Waals surface area contributed by atoms with Gasteiger partial charge in [0.1, 0.15) is 17.4 Å². The highest BCUT2D eigenvalue weighted by molar-refractivity contribution is 9.10. The molecule has 0 radical (unpaired) electrons. The summed E-state index contributed by atoms with van der Waals surface area (Å²) in [6.07, 6.45) is 0. The van der Waals surface area contributed by atoms with Gasteiger partial charge in [-0.2, -0.15) is 0 Å². The fourth-order valence-electron chi connectivity index (χ4n) is 1.48. The maximum Gasteiger partial charge on any atom is 0.200 e. The molecule has 5 heteroatoms.